The maximum Gasteiger partial charge on any atom is 0.265 e. The molecule has 1 aromatic carbocycles. The van der Waals surface area contributed by atoms with Gasteiger partial charge in [-0.15, -0.1) is 0 Å². The van der Waals surface area contributed by atoms with E-state index in [1.165, 1.54) is 16.7 Å². The van der Waals surface area contributed by atoms with Gasteiger partial charge in [-0.2, -0.15) is 0 Å². The van der Waals surface area contributed by atoms with Gasteiger partial charge in [0.15, 0.2) is 0 Å². The van der Waals surface area contributed by atoms with Crippen LogP contribution in [0.1, 0.15) is 5.56 Å². The summed E-state index contributed by atoms with van der Waals surface area (Å²) in [5, 5.41) is 0. The standard InChI is InChI=1S/C12H11NO2S2/c1-13-11(14)10(17-12(13)16)7-8-4-3-5-9(6-8)15-2/h3-7H,1-2H3/b10-7-. The van der Waals surface area contributed by atoms with E-state index in [1.807, 2.05) is 30.3 Å². The molecule has 2 rings (SSSR count). The number of hydrogen-bond acceptors (Lipinski definition) is 4. The van der Waals surface area contributed by atoms with Crippen molar-refractivity contribution < 1.29 is 9.53 Å². The van der Waals surface area contributed by atoms with Crippen LogP contribution in [0.3, 0.4) is 0 Å². The summed E-state index contributed by atoms with van der Waals surface area (Å²) in [5.74, 6) is 0.716. The number of thiocarbonyl (C=S) groups is 1. The highest BCUT2D eigenvalue weighted by Crippen LogP contribution is 2.31. The third-order valence-corrected chi connectivity index (χ3v) is 3.86. The quantitative estimate of drug-likeness (QED) is 0.607. The van der Waals surface area contributed by atoms with Crippen molar-refractivity contribution in [2.24, 2.45) is 0 Å². The van der Waals surface area contributed by atoms with Gasteiger partial charge in [0.1, 0.15) is 10.1 Å². The van der Waals surface area contributed by atoms with Crippen LogP contribution in [-0.4, -0.2) is 29.3 Å². The van der Waals surface area contributed by atoms with Crippen LogP contribution in [0.5, 0.6) is 5.75 Å². The van der Waals surface area contributed by atoms with Crippen LogP contribution in [0.4, 0.5) is 0 Å². The number of likely N-dealkylation sites (N-methyl/N-ethyl adjacent to an activating group) is 1. The fraction of sp³-hybridized carbons (Fsp3) is 0.167. The Morgan fingerprint density at radius 3 is 2.82 bits per heavy atom. The van der Waals surface area contributed by atoms with Crippen molar-refractivity contribution in [3.63, 3.8) is 0 Å². The third kappa shape index (κ3) is 2.50. The van der Waals surface area contributed by atoms with Crippen molar-refractivity contribution >= 4 is 40.3 Å². The maximum absolute atomic E-state index is 11.8. The number of ether oxygens (including phenoxy) is 1. The van der Waals surface area contributed by atoms with Crippen LogP contribution in [0.25, 0.3) is 6.08 Å². The number of hydrogen-bond donors (Lipinski definition) is 0. The number of amides is 1. The molecule has 1 aliphatic heterocycles. The fourth-order valence-electron chi connectivity index (χ4n) is 1.43. The molecule has 0 unspecified atom stereocenters. The van der Waals surface area contributed by atoms with Gasteiger partial charge in [-0.1, -0.05) is 36.1 Å². The lowest BCUT2D eigenvalue weighted by Gasteiger charge is -2.03. The first-order valence-corrected chi connectivity index (χ1v) is 6.20. The first-order chi connectivity index (χ1) is 8.11. The zero-order valence-electron chi connectivity index (χ0n) is 9.47. The van der Waals surface area contributed by atoms with E-state index in [0.29, 0.717) is 9.23 Å². The van der Waals surface area contributed by atoms with Crippen LogP contribution in [-0.2, 0) is 4.79 Å². The summed E-state index contributed by atoms with van der Waals surface area (Å²) >= 11 is 6.38. The van der Waals surface area contributed by atoms with E-state index in [9.17, 15) is 4.79 Å². The Bertz CT molecular complexity index is 511. The SMILES string of the molecule is COc1cccc(/C=C2\SC(=S)N(C)C2=O)c1. The summed E-state index contributed by atoms with van der Waals surface area (Å²) in [6.45, 7) is 0. The zero-order chi connectivity index (χ0) is 12.4. The van der Waals surface area contributed by atoms with Gasteiger partial charge in [-0.25, -0.2) is 0 Å². The highest BCUT2D eigenvalue weighted by Gasteiger charge is 2.28. The van der Waals surface area contributed by atoms with Gasteiger partial charge < -0.3 is 4.74 Å². The molecule has 5 heteroatoms. The molecule has 1 fully saturated rings. The average Bonchev–Trinajstić information content (AvgIpc) is 2.57. The van der Waals surface area contributed by atoms with E-state index in [1.54, 1.807) is 14.2 Å². The van der Waals surface area contributed by atoms with Crippen molar-refractivity contribution in [1.82, 2.24) is 4.90 Å². The number of benzene rings is 1. The van der Waals surface area contributed by atoms with Crippen LogP contribution in [0.15, 0.2) is 29.2 Å². The van der Waals surface area contributed by atoms with Crippen molar-refractivity contribution in [1.29, 1.82) is 0 Å². The molecule has 1 saturated heterocycles. The molecule has 0 aromatic heterocycles. The Kier molecular flexibility index (Phi) is 3.49. The molecular formula is C12H11NO2S2. The van der Waals surface area contributed by atoms with Gasteiger partial charge in [-0.3, -0.25) is 9.69 Å². The lowest BCUT2D eigenvalue weighted by molar-refractivity contribution is -0.121. The largest absolute Gasteiger partial charge is 0.497 e. The minimum absolute atomic E-state index is 0.0529. The normalized spacial score (nSPS) is 18.0. The lowest BCUT2D eigenvalue weighted by atomic mass is 10.2. The molecular weight excluding hydrogens is 254 g/mol. The Balaban J connectivity index is 2.30. The molecule has 1 amide bonds. The Hall–Kier alpha value is -1.33. The fourth-order valence-corrected chi connectivity index (χ4v) is 2.61. The van der Waals surface area contributed by atoms with Crippen LogP contribution in [0, 0.1) is 0 Å². The Labute approximate surface area is 109 Å². The third-order valence-electron chi connectivity index (χ3n) is 2.38. The highest BCUT2D eigenvalue weighted by molar-refractivity contribution is 8.26. The number of carbonyl (C=O) groups excluding carboxylic acids is 1. The van der Waals surface area contributed by atoms with E-state index in [2.05, 4.69) is 0 Å². The van der Waals surface area contributed by atoms with E-state index in [0.717, 1.165) is 11.3 Å². The van der Waals surface area contributed by atoms with Gasteiger partial charge in [0.05, 0.1) is 12.0 Å². The predicted molar refractivity (Wildman–Crippen MR) is 73.9 cm³/mol. The summed E-state index contributed by atoms with van der Waals surface area (Å²) in [6, 6.07) is 7.55. The number of nitrogens with zero attached hydrogens (tertiary/aromatic N) is 1. The molecule has 0 spiro atoms. The first-order valence-electron chi connectivity index (χ1n) is 4.97. The molecule has 0 saturated carbocycles. The van der Waals surface area contributed by atoms with Crippen molar-refractivity contribution in [3.05, 3.63) is 34.7 Å². The van der Waals surface area contributed by atoms with Gasteiger partial charge in [0.25, 0.3) is 5.91 Å². The molecule has 0 atom stereocenters. The molecule has 3 nitrogen and oxygen atoms in total. The van der Waals surface area contributed by atoms with Crippen molar-refractivity contribution in [3.8, 4) is 5.75 Å². The van der Waals surface area contributed by atoms with Gasteiger partial charge in [0, 0.05) is 7.05 Å². The summed E-state index contributed by atoms with van der Waals surface area (Å²) in [7, 11) is 3.30. The number of thioether (sulfide) groups is 1. The number of rotatable bonds is 2. The maximum atomic E-state index is 11.8. The van der Waals surface area contributed by atoms with Crippen molar-refractivity contribution in [2.75, 3.05) is 14.2 Å². The first kappa shape index (κ1) is 12.1. The van der Waals surface area contributed by atoms with Gasteiger partial charge >= 0.3 is 0 Å². The molecule has 1 heterocycles. The van der Waals surface area contributed by atoms with Crippen LogP contribution >= 0.6 is 24.0 Å². The smallest absolute Gasteiger partial charge is 0.265 e. The van der Waals surface area contributed by atoms with Crippen LogP contribution in [0.2, 0.25) is 0 Å². The predicted octanol–water partition coefficient (Wildman–Crippen LogP) is 2.53. The Morgan fingerprint density at radius 1 is 1.47 bits per heavy atom. The molecule has 0 bridgehead atoms. The molecule has 17 heavy (non-hydrogen) atoms. The monoisotopic (exact) mass is 265 g/mol. The van der Waals surface area contributed by atoms with Gasteiger partial charge in [-0.05, 0) is 23.8 Å². The lowest BCUT2D eigenvalue weighted by Crippen LogP contribution is -2.22. The van der Waals surface area contributed by atoms with E-state index in [-0.39, 0.29) is 5.91 Å². The minimum atomic E-state index is -0.0529. The van der Waals surface area contributed by atoms with Gasteiger partial charge in [0.2, 0.25) is 0 Å². The van der Waals surface area contributed by atoms with E-state index in [4.69, 9.17) is 17.0 Å². The topological polar surface area (TPSA) is 29.5 Å². The number of carbonyl (C=O) groups is 1. The van der Waals surface area contributed by atoms with E-state index < -0.39 is 0 Å². The summed E-state index contributed by atoms with van der Waals surface area (Å²) in [4.78, 5) is 13.9. The molecule has 1 aliphatic rings. The molecule has 0 radical (unpaired) electrons. The summed E-state index contributed by atoms with van der Waals surface area (Å²) < 4.78 is 5.72. The minimum Gasteiger partial charge on any atom is -0.497 e. The molecule has 88 valence electrons. The number of methoxy groups -OCH3 is 1. The highest BCUT2D eigenvalue weighted by atomic mass is 32.2. The Morgan fingerprint density at radius 2 is 2.24 bits per heavy atom. The second-order valence-electron chi connectivity index (χ2n) is 3.52. The second kappa shape index (κ2) is 4.89. The molecule has 0 N–H and O–H groups in total. The molecule has 0 aliphatic carbocycles. The second-order valence-corrected chi connectivity index (χ2v) is 5.19. The van der Waals surface area contributed by atoms with Crippen LogP contribution < -0.4 is 4.74 Å². The molecule has 1 aromatic rings. The summed E-state index contributed by atoms with van der Waals surface area (Å²) in [5.41, 5.74) is 0.929. The average molecular weight is 265 g/mol. The summed E-state index contributed by atoms with van der Waals surface area (Å²) in [6.07, 6.45) is 1.82. The van der Waals surface area contributed by atoms with Crippen molar-refractivity contribution in [2.45, 2.75) is 0 Å². The zero-order valence-corrected chi connectivity index (χ0v) is 11.1. The van der Waals surface area contributed by atoms with E-state index >= 15 is 0 Å².